The van der Waals surface area contributed by atoms with Crippen LogP contribution in [-0.2, 0) is 11.2 Å². The van der Waals surface area contributed by atoms with E-state index in [1.807, 2.05) is 18.9 Å². The summed E-state index contributed by atoms with van der Waals surface area (Å²) in [5.41, 5.74) is 2.49. The van der Waals surface area contributed by atoms with E-state index in [2.05, 4.69) is 31.2 Å². The molecule has 0 heterocycles. The molecule has 0 saturated heterocycles. The molecule has 0 aliphatic carbocycles. The van der Waals surface area contributed by atoms with Gasteiger partial charge >= 0.3 is 5.97 Å². The fourth-order valence-corrected chi connectivity index (χ4v) is 1.59. The van der Waals surface area contributed by atoms with Gasteiger partial charge < -0.3 is 5.11 Å². The summed E-state index contributed by atoms with van der Waals surface area (Å²) in [5, 5.41) is 8.69. The number of aliphatic carboxylic acids is 1. The third-order valence-corrected chi connectivity index (χ3v) is 2.79. The van der Waals surface area contributed by atoms with E-state index in [0.29, 0.717) is 0 Å². The van der Waals surface area contributed by atoms with Crippen molar-refractivity contribution >= 4 is 5.97 Å². The Morgan fingerprint density at radius 3 is 2.44 bits per heavy atom. The standard InChI is InChI=1S/C13H19NO2/c1-10-4-6-12(7-5-10)8-11(2)14(3)9-13(15)16/h4-7,11H,8-9H2,1-3H3,(H,15,16)/t11-/m1/s1. The Labute approximate surface area is 96.7 Å². The van der Waals surface area contributed by atoms with Crippen molar-refractivity contribution in [3.05, 3.63) is 35.4 Å². The summed E-state index contributed by atoms with van der Waals surface area (Å²) >= 11 is 0. The summed E-state index contributed by atoms with van der Waals surface area (Å²) in [6.07, 6.45) is 0.879. The quantitative estimate of drug-likeness (QED) is 0.826. The van der Waals surface area contributed by atoms with Crippen LogP contribution in [0.25, 0.3) is 0 Å². The number of carbonyl (C=O) groups is 1. The van der Waals surface area contributed by atoms with Crippen LogP contribution in [0.3, 0.4) is 0 Å². The Morgan fingerprint density at radius 2 is 1.94 bits per heavy atom. The van der Waals surface area contributed by atoms with Crippen molar-refractivity contribution in [3.63, 3.8) is 0 Å². The highest BCUT2D eigenvalue weighted by Crippen LogP contribution is 2.08. The molecule has 1 rings (SSSR count). The molecule has 0 fully saturated rings. The van der Waals surface area contributed by atoms with Crippen molar-refractivity contribution < 1.29 is 9.90 Å². The molecule has 1 N–H and O–H groups in total. The summed E-state index contributed by atoms with van der Waals surface area (Å²) < 4.78 is 0. The molecular weight excluding hydrogens is 202 g/mol. The molecule has 1 atom stereocenters. The number of nitrogens with zero attached hydrogens (tertiary/aromatic N) is 1. The van der Waals surface area contributed by atoms with Crippen LogP contribution in [0, 0.1) is 6.92 Å². The smallest absolute Gasteiger partial charge is 0.317 e. The molecule has 0 bridgehead atoms. The Hall–Kier alpha value is -1.35. The number of likely N-dealkylation sites (N-methyl/N-ethyl adjacent to an activating group) is 1. The molecule has 1 aromatic carbocycles. The first-order valence-electron chi connectivity index (χ1n) is 5.46. The Morgan fingerprint density at radius 1 is 1.38 bits per heavy atom. The maximum absolute atomic E-state index is 10.6. The van der Waals surface area contributed by atoms with Gasteiger partial charge in [0.05, 0.1) is 6.54 Å². The summed E-state index contributed by atoms with van der Waals surface area (Å²) in [5.74, 6) is -0.779. The number of carboxylic acids is 1. The lowest BCUT2D eigenvalue weighted by atomic mass is 10.0. The van der Waals surface area contributed by atoms with Crippen molar-refractivity contribution in [2.24, 2.45) is 0 Å². The van der Waals surface area contributed by atoms with Gasteiger partial charge in [0, 0.05) is 6.04 Å². The summed E-state index contributed by atoms with van der Waals surface area (Å²) in [6, 6.07) is 8.60. The van der Waals surface area contributed by atoms with E-state index < -0.39 is 5.97 Å². The molecule has 3 heteroatoms. The third-order valence-electron chi connectivity index (χ3n) is 2.79. The van der Waals surface area contributed by atoms with Crippen molar-refractivity contribution in [1.82, 2.24) is 4.90 Å². The van der Waals surface area contributed by atoms with Gasteiger partial charge in [-0.1, -0.05) is 29.8 Å². The summed E-state index contributed by atoms with van der Waals surface area (Å²) in [6.45, 7) is 4.19. The van der Waals surface area contributed by atoms with Crippen LogP contribution in [-0.4, -0.2) is 35.6 Å². The fraction of sp³-hybridized carbons (Fsp3) is 0.462. The van der Waals surface area contributed by atoms with Gasteiger partial charge in [0.25, 0.3) is 0 Å². The summed E-state index contributed by atoms with van der Waals surface area (Å²) in [4.78, 5) is 12.4. The van der Waals surface area contributed by atoms with Gasteiger partial charge in [0.15, 0.2) is 0 Å². The van der Waals surface area contributed by atoms with Crippen LogP contribution < -0.4 is 0 Å². The average Bonchev–Trinajstić information content (AvgIpc) is 2.20. The normalized spacial score (nSPS) is 12.8. The molecule has 0 saturated carbocycles. The molecule has 88 valence electrons. The minimum Gasteiger partial charge on any atom is -0.480 e. The lowest BCUT2D eigenvalue weighted by Gasteiger charge is -2.22. The fourth-order valence-electron chi connectivity index (χ4n) is 1.59. The van der Waals surface area contributed by atoms with Gasteiger partial charge in [-0.05, 0) is 32.9 Å². The molecule has 16 heavy (non-hydrogen) atoms. The topological polar surface area (TPSA) is 40.5 Å². The van der Waals surface area contributed by atoms with E-state index in [-0.39, 0.29) is 12.6 Å². The zero-order chi connectivity index (χ0) is 12.1. The second-order valence-corrected chi connectivity index (χ2v) is 4.35. The lowest BCUT2D eigenvalue weighted by molar-refractivity contribution is -0.138. The highest BCUT2D eigenvalue weighted by Gasteiger charge is 2.12. The molecule has 0 unspecified atom stereocenters. The zero-order valence-electron chi connectivity index (χ0n) is 10.1. The monoisotopic (exact) mass is 221 g/mol. The predicted molar refractivity (Wildman–Crippen MR) is 64.6 cm³/mol. The lowest BCUT2D eigenvalue weighted by Crippen LogP contribution is -2.35. The van der Waals surface area contributed by atoms with Gasteiger partial charge in [0.2, 0.25) is 0 Å². The molecule has 1 aromatic rings. The maximum Gasteiger partial charge on any atom is 0.317 e. The Bertz CT molecular complexity index is 345. The zero-order valence-corrected chi connectivity index (χ0v) is 10.1. The number of benzene rings is 1. The predicted octanol–water partition coefficient (Wildman–Crippen LogP) is 1.94. The molecule has 0 amide bonds. The highest BCUT2D eigenvalue weighted by molar-refractivity contribution is 5.69. The first kappa shape index (κ1) is 12.7. The van der Waals surface area contributed by atoms with Gasteiger partial charge in [0.1, 0.15) is 0 Å². The number of aryl methyl sites for hydroxylation is 1. The minimum atomic E-state index is -0.779. The van der Waals surface area contributed by atoms with Gasteiger partial charge in [-0.25, -0.2) is 0 Å². The highest BCUT2D eigenvalue weighted by atomic mass is 16.4. The molecule has 0 spiro atoms. The number of rotatable bonds is 5. The molecule has 0 aliphatic heterocycles. The first-order valence-corrected chi connectivity index (χ1v) is 5.46. The van der Waals surface area contributed by atoms with Crippen molar-refractivity contribution in [2.45, 2.75) is 26.3 Å². The molecule has 0 radical (unpaired) electrons. The average molecular weight is 221 g/mol. The van der Waals surface area contributed by atoms with E-state index >= 15 is 0 Å². The first-order chi connectivity index (χ1) is 7.49. The largest absolute Gasteiger partial charge is 0.480 e. The number of hydrogen-bond donors (Lipinski definition) is 1. The molecule has 0 aliphatic rings. The summed E-state index contributed by atoms with van der Waals surface area (Å²) in [7, 11) is 1.84. The SMILES string of the molecule is Cc1ccc(C[C@@H](C)N(C)CC(=O)O)cc1. The second kappa shape index (κ2) is 5.66. The molecule has 3 nitrogen and oxygen atoms in total. The van der Waals surface area contributed by atoms with Gasteiger partial charge in [-0.15, -0.1) is 0 Å². The van der Waals surface area contributed by atoms with Crippen LogP contribution >= 0.6 is 0 Å². The van der Waals surface area contributed by atoms with Crippen LogP contribution in [0.1, 0.15) is 18.1 Å². The van der Waals surface area contributed by atoms with Gasteiger partial charge in [-0.2, -0.15) is 0 Å². The van der Waals surface area contributed by atoms with Crippen LogP contribution in [0.4, 0.5) is 0 Å². The number of carboxylic acid groups (broad SMARTS) is 1. The Kier molecular flexibility index (Phi) is 4.50. The van der Waals surface area contributed by atoms with Crippen molar-refractivity contribution in [1.29, 1.82) is 0 Å². The third kappa shape index (κ3) is 4.03. The molecule has 0 aromatic heterocycles. The van der Waals surface area contributed by atoms with Crippen LogP contribution in [0.15, 0.2) is 24.3 Å². The van der Waals surface area contributed by atoms with Crippen molar-refractivity contribution in [3.8, 4) is 0 Å². The maximum atomic E-state index is 10.6. The molecular formula is C13H19NO2. The van der Waals surface area contributed by atoms with E-state index in [0.717, 1.165) is 6.42 Å². The van der Waals surface area contributed by atoms with E-state index in [1.165, 1.54) is 11.1 Å². The Balaban J connectivity index is 2.53. The van der Waals surface area contributed by atoms with E-state index in [1.54, 1.807) is 0 Å². The van der Waals surface area contributed by atoms with Crippen LogP contribution in [0.2, 0.25) is 0 Å². The minimum absolute atomic E-state index is 0.0903. The second-order valence-electron chi connectivity index (χ2n) is 4.35. The van der Waals surface area contributed by atoms with Crippen molar-refractivity contribution in [2.75, 3.05) is 13.6 Å². The van der Waals surface area contributed by atoms with E-state index in [9.17, 15) is 4.79 Å². The number of hydrogen-bond acceptors (Lipinski definition) is 2. The van der Waals surface area contributed by atoms with Gasteiger partial charge in [-0.3, -0.25) is 9.69 Å². The van der Waals surface area contributed by atoms with E-state index in [4.69, 9.17) is 5.11 Å². The van der Waals surface area contributed by atoms with Crippen LogP contribution in [0.5, 0.6) is 0 Å².